The van der Waals surface area contributed by atoms with Crippen LogP contribution in [0.1, 0.15) is 111 Å². The average molecular weight is 311 g/mol. The quantitative estimate of drug-likeness (QED) is 0.245. The van der Waals surface area contributed by atoms with E-state index in [1.807, 2.05) is 0 Å². The van der Waals surface area contributed by atoms with Crippen LogP contribution in [0.3, 0.4) is 0 Å². The standard InChI is InChI=1S/C18H38S.Na.H/c1-2-3-4-5-6-7-8-9-10-11-12-13-14-15-16-17-18-19;;/h19H,2-18H2,1H3;;/q;+1;-1. The fourth-order valence-corrected chi connectivity index (χ4v) is 2.88. The Kier molecular flexibility index (Phi) is 26.7. The Labute approximate surface area is 158 Å². The summed E-state index contributed by atoms with van der Waals surface area (Å²) in [5.74, 6) is 1.07. The van der Waals surface area contributed by atoms with Gasteiger partial charge in [0.1, 0.15) is 0 Å². The van der Waals surface area contributed by atoms with Gasteiger partial charge in [-0.2, -0.15) is 12.6 Å². The Hall–Kier alpha value is 1.35. The SMILES string of the molecule is CCCCCCCCCCCCCCCCCCS.[H-].[Na+]. The number of hydrogen-bond donors (Lipinski definition) is 1. The van der Waals surface area contributed by atoms with E-state index in [9.17, 15) is 0 Å². The molecule has 0 nitrogen and oxygen atoms in total. The number of rotatable bonds is 16. The second-order valence-corrected chi connectivity index (χ2v) is 6.47. The monoisotopic (exact) mass is 310 g/mol. The summed E-state index contributed by atoms with van der Waals surface area (Å²) in [7, 11) is 0. The molecular weight excluding hydrogens is 271 g/mol. The largest absolute Gasteiger partial charge is 1.00 e. The van der Waals surface area contributed by atoms with Crippen LogP contribution in [0.2, 0.25) is 0 Å². The fraction of sp³-hybridized carbons (Fsp3) is 1.00. The molecule has 20 heavy (non-hydrogen) atoms. The minimum absolute atomic E-state index is 0. The molecule has 0 heterocycles. The van der Waals surface area contributed by atoms with Crippen molar-refractivity contribution in [1.82, 2.24) is 0 Å². The van der Waals surface area contributed by atoms with Crippen LogP contribution >= 0.6 is 12.6 Å². The van der Waals surface area contributed by atoms with Gasteiger partial charge in [-0.15, -0.1) is 0 Å². The van der Waals surface area contributed by atoms with Crippen LogP contribution in [-0.2, 0) is 0 Å². The summed E-state index contributed by atoms with van der Waals surface area (Å²) < 4.78 is 0. The summed E-state index contributed by atoms with van der Waals surface area (Å²) >= 11 is 4.24. The van der Waals surface area contributed by atoms with E-state index < -0.39 is 0 Å². The van der Waals surface area contributed by atoms with E-state index in [0.29, 0.717) is 0 Å². The van der Waals surface area contributed by atoms with Crippen LogP contribution in [0.15, 0.2) is 0 Å². The van der Waals surface area contributed by atoms with Crippen LogP contribution < -0.4 is 29.6 Å². The van der Waals surface area contributed by atoms with Gasteiger partial charge in [-0.1, -0.05) is 103 Å². The molecule has 0 rings (SSSR count). The van der Waals surface area contributed by atoms with Gasteiger partial charge in [-0.05, 0) is 12.2 Å². The minimum Gasteiger partial charge on any atom is -1.00 e. The first-order chi connectivity index (χ1) is 9.41. The van der Waals surface area contributed by atoms with E-state index in [-0.39, 0.29) is 31.0 Å². The van der Waals surface area contributed by atoms with Crippen molar-refractivity contribution in [3.05, 3.63) is 0 Å². The first-order valence-corrected chi connectivity index (χ1v) is 9.66. The second kappa shape index (κ2) is 22.6. The molecule has 118 valence electrons. The zero-order valence-electron chi connectivity index (χ0n) is 15.5. The van der Waals surface area contributed by atoms with Crippen LogP contribution in [0.25, 0.3) is 0 Å². The molecule has 2 heteroatoms. The fourth-order valence-electron chi connectivity index (χ4n) is 2.66. The first kappa shape index (κ1) is 23.6. The summed E-state index contributed by atoms with van der Waals surface area (Å²) in [6, 6.07) is 0. The van der Waals surface area contributed by atoms with Crippen LogP contribution in [0, 0.1) is 0 Å². The Bertz CT molecular complexity index is 140. The minimum atomic E-state index is 0. The molecule has 0 atom stereocenters. The van der Waals surface area contributed by atoms with E-state index in [1.54, 1.807) is 0 Å². The van der Waals surface area contributed by atoms with E-state index in [4.69, 9.17) is 0 Å². The van der Waals surface area contributed by atoms with Crippen LogP contribution in [-0.4, -0.2) is 5.75 Å². The third-order valence-corrected chi connectivity index (χ3v) is 4.33. The van der Waals surface area contributed by atoms with Crippen LogP contribution in [0.4, 0.5) is 0 Å². The van der Waals surface area contributed by atoms with Gasteiger partial charge in [-0.25, -0.2) is 0 Å². The van der Waals surface area contributed by atoms with Crippen molar-refractivity contribution in [3.8, 4) is 0 Å². The van der Waals surface area contributed by atoms with Crippen molar-refractivity contribution in [3.63, 3.8) is 0 Å². The van der Waals surface area contributed by atoms with E-state index in [2.05, 4.69) is 19.6 Å². The summed E-state index contributed by atoms with van der Waals surface area (Å²) in [6.45, 7) is 2.29. The molecule has 0 saturated heterocycles. The summed E-state index contributed by atoms with van der Waals surface area (Å²) in [4.78, 5) is 0. The van der Waals surface area contributed by atoms with Crippen molar-refractivity contribution >= 4 is 12.6 Å². The molecule has 0 aromatic carbocycles. The molecule has 0 spiro atoms. The Balaban J connectivity index is -0.00000162. The maximum atomic E-state index is 4.24. The molecule has 0 unspecified atom stereocenters. The zero-order valence-corrected chi connectivity index (χ0v) is 17.4. The maximum absolute atomic E-state index is 4.24. The van der Waals surface area contributed by atoms with Gasteiger partial charge >= 0.3 is 29.6 Å². The molecule has 0 fully saturated rings. The molecule has 0 N–H and O–H groups in total. The molecule has 0 saturated carbocycles. The molecule has 0 aliphatic carbocycles. The molecule has 0 aliphatic heterocycles. The van der Waals surface area contributed by atoms with Gasteiger partial charge in [-0.3, -0.25) is 0 Å². The third kappa shape index (κ3) is 21.6. The molecular formula is C18H39NaS. The first-order valence-electron chi connectivity index (χ1n) is 9.02. The predicted octanol–water partition coefficient (Wildman–Crippen LogP) is 4.29. The molecule has 0 radical (unpaired) electrons. The third-order valence-electron chi connectivity index (χ3n) is 4.01. The van der Waals surface area contributed by atoms with Gasteiger partial charge in [0.15, 0.2) is 0 Å². The number of hydrogen-bond acceptors (Lipinski definition) is 1. The Morgan fingerprint density at radius 3 is 1.00 bits per heavy atom. The predicted molar refractivity (Wildman–Crippen MR) is 94.5 cm³/mol. The van der Waals surface area contributed by atoms with Crippen molar-refractivity contribution < 1.29 is 31.0 Å². The summed E-state index contributed by atoms with van der Waals surface area (Å²) in [6.07, 6.45) is 23.1. The number of unbranched alkanes of at least 4 members (excludes halogenated alkanes) is 15. The Morgan fingerprint density at radius 1 is 0.500 bits per heavy atom. The molecule has 0 aromatic rings. The Morgan fingerprint density at radius 2 is 0.750 bits per heavy atom. The van der Waals surface area contributed by atoms with Crippen molar-refractivity contribution in [2.45, 2.75) is 110 Å². The van der Waals surface area contributed by atoms with Crippen molar-refractivity contribution in [2.75, 3.05) is 5.75 Å². The van der Waals surface area contributed by atoms with E-state index in [0.717, 1.165) is 5.75 Å². The van der Waals surface area contributed by atoms with Crippen molar-refractivity contribution in [1.29, 1.82) is 0 Å². The molecule has 0 aliphatic rings. The van der Waals surface area contributed by atoms with Gasteiger partial charge in [0, 0.05) is 0 Å². The summed E-state index contributed by atoms with van der Waals surface area (Å²) in [5, 5.41) is 0. The summed E-state index contributed by atoms with van der Waals surface area (Å²) in [5.41, 5.74) is 0. The smallest absolute Gasteiger partial charge is 1.00 e. The van der Waals surface area contributed by atoms with Gasteiger partial charge in [0.05, 0.1) is 0 Å². The normalized spacial score (nSPS) is 10.5. The van der Waals surface area contributed by atoms with Crippen LogP contribution in [0.5, 0.6) is 0 Å². The van der Waals surface area contributed by atoms with Gasteiger partial charge in [0.2, 0.25) is 0 Å². The zero-order chi connectivity index (χ0) is 14.0. The number of thiol groups is 1. The van der Waals surface area contributed by atoms with Gasteiger partial charge in [0.25, 0.3) is 0 Å². The topological polar surface area (TPSA) is 0 Å². The van der Waals surface area contributed by atoms with E-state index >= 15 is 0 Å². The van der Waals surface area contributed by atoms with Crippen molar-refractivity contribution in [2.24, 2.45) is 0 Å². The molecule has 0 bridgehead atoms. The average Bonchev–Trinajstić information content (AvgIpc) is 2.43. The second-order valence-electron chi connectivity index (χ2n) is 6.03. The maximum Gasteiger partial charge on any atom is 1.00 e. The molecule has 0 aromatic heterocycles. The molecule has 0 amide bonds. The van der Waals surface area contributed by atoms with Gasteiger partial charge < -0.3 is 1.43 Å². The van der Waals surface area contributed by atoms with E-state index in [1.165, 1.54) is 103 Å².